The highest BCUT2D eigenvalue weighted by molar-refractivity contribution is 5.60. The summed E-state index contributed by atoms with van der Waals surface area (Å²) < 4.78 is 20.4. The van der Waals surface area contributed by atoms with Gasteiger partial charge in [0.05, 0.1) is 6.61 Å². The van der Waals surface area contributed by atoms with Crippen LogP contribution in [0.5, 0.6) is 0 Å². The Morgan fingerprint density at radius 2 is 1.65 bits per heavy atom. The van der Waals surface area contributed by atoms with Crippen molar-refractivity contribution in [3.05, 3.63) is 0 Å². The summed E-state index contributed by atoms with van der Waals surface area (Å²) in [7, 11) is 0. The van der Waals surface area contributed by atoms with Crippen LogP contribution in [-0.2, 0) is 18.9 Å². The van der Waals surface area contributed by atoms with Crippen molar-refractivity contribution in [3.63, 3.8) is 0 Å². The first-order chi connectivity index (χ1) is 12.5. The van der Waals surface area contributed by atoms with Crippen molar-refractivity contribution in [1.82, 2.24) is 0 Å². The molecule has 0 heterocycles. The minimum Gasteiger partial charge on any atom is -0.450 e. The molecule has 7 nitrogen and oxygen atoms in total. The summed E-state index contributed by atoms with van der Waals surface area (Å²) in [5.41, 5.74) is 0. The maximum Gasteiger partial charge on any atom is 0.508 e. The molecule has 0 aromatic carbocycles. The molecule has 0 radical (unpaired) electrons. The van der Waals surface area contributed by atoms with Gasteiger partial charge in [-0.1, -0.05) is 39.5 Å². The Morgan fingerprint density at radius 3 is 2.35 bits per heavy atom. The Morgan fingerprint density at radius 1 is 0.962 bits per heavy atom. The van der Waals surface area contributed by atoms with Crippen molar-refractivity contribution in [2.24, 2.45) is 5.92 Å². The zero-order valence-corrected chi connectivity index (χ0v) is 16.1. The van der Waals surface area contributed by atoms with Gasteiger partial charge in [-0.2, -0.15) is 0 Å². The van der Waals surface area contributed by atoms with E-state index in [0.717, 1.165) is 25.2 Å². The molecule has 0 aromatic rings. The lowest BCUT2D eigenvalue weighted by atomic mass is 9.95. The van der Waals surface area contributed by atoms with Crippen molar-refractivity contribution < 1.29 is 33.6 Å². The number of carbonyl (C=O) groups is 2. The first kappa shape index (κ1) is 22.5. The SMILES string of the molecule is CC(C)CCCCCCOCCOC(=O)OC1CCCC(OC(=O)O)C1. The third-order valence-corrected chi connectivity index (χ3v) is 4.38. The van der Waals surface area contributed by atoms with Crippen LogP contribution in [0.2, 0.25) is 0 Å². The average Bonchev–Trinajstić information content (AvgIpc) is 2.56. The summed E-state index contributed by atoms with van der Waals surface area (Å²) in [5, 5.41) is 8.63. The standard InChI is InChI=1S/C19H34O7/c1-15(2)8-5-3-4-6-11-23-12-13-24-19(22)26-17-10-7-9-16(14-17)25-18(20)21/h15-17H,3-14H2,1-2H3,(H,20,21). The third kappa shape index (κ3) is 12.0. The van der Waals surface area contributed by atoms with E-state index in [1.807, 2.05) is 0 Å². The summed E-state index contributed by atoms with van der Waals surface area (Å²) in [6.45, 7) is 5.68. The molecule has 0 aliphatic heterocycles. The number of hydrogen-bond acceptors (Lipinski definition) is 6. The van der Waals surface area contributed by atoms with E-state index in [-0.39, 0.29) is 12.7 Å². The second kappa shape index (κ2) is 13.7. The Labute approximate surface area is 156 Å². The molecule has 7 heteroatoms. The van der Waals surface area contributed by atoms with Crippen LogP contribution in [0.4, 0.5) is 9.59 Å². The van der Waals surface area contributed by atoms with Gasteiger partial charge in [0.1, 0.15) is 18.8 Å². The van der Waals surface area contributed by atoms with Gasteiger partial charge in [0.2, 0.25) is 0 Å². The smallest absolute Gasteiger partial charge is 0.450 e. The van der Waals surface area contributed by atoms with Gasteiger partial charge in [-0.05, 0) is 31.6 Å². The number of carbonyl (C=O) groups excluding carboxylic acids is 1. The first-order valence-corrected chi connectivity index (χ1v) is 9.78. The molecule has 1 rings (SSSR count). The largest absolute Gasteiger partial charge is 0.508 e. The van der Waals surface area contributed by atoms with E-state index in [4.69, 9.17) is 24.1 Å². The molecule has 0 spiro atoms. The van der Waals surface area contributed by atoms with Crippen LogP contribution in [0.25, 0.3) is 0 Å². The fourth-order valence-corrected chi connectivity index (χ4v) is 3.03. The maximum absolute atomic E-state index is 11.6. The summed E-state index contributed by atoms with van der Waals surface area (Å²) >= 11 is 0. The molecule has 1 N–H and O–H groups in total. The molecule has 2 unspecified atom stereocenters. The highest BCUT2D eigenvalue weighted by atomic mass is 16.7. The van der Waals surface area contributed by atoms with Crippen LogP contribution >= 0.6 is 0 Å². The van der Waals surface area contributed by atoms with Gasteiger partial charge >= 0.3 is 12.3 Å². The van der Waals surface area contributed by atoms with Gasteiger partial charge in [0.15, 0.2) is 0 Å². The lowest BCUT2D eigenvalue weighted by molar-refractivity contribution is -0.0330. The number of hydrogen-bond donors (Lipinski definition) is 1. The van der Waals surface area contributed by atoms with E-state index in [9.17, 15) is 9.59 Å². The topological polar surface area (TPSA) is 91.3 Å². The molecule has 1 fully saturated rings. The molecule has 26 heavy (non-hydrogen) atoms. The number of ether oxygens (including phenoxy) is 4. The molecule has 0 aromatic heterocycles. The third-order valence-electron chi connectivity index (χ3n) is 4.38. The van der Waals surface area contributed by atoms with Crippen LogP contribution in [0, 0.1) is 5.92 Å². The van der Waals surface area contributed by atoms with Crippen molar-refractivity contribution in [3.8, 4) is 0 Å². The van der Waals surface area contributed by atoms with E-state index >= 15 is 0 Å². The average molecular weight is 374 g/mol. The molecule has 152 valence electrons. The minimum atomic E-state index is -1.30. The predicted octanol–water partition coefficient (Wildman–Crippen LogP) is 4.77. The maximum atomic E-state index is 11.6. The van der Waals surface area contributed by atoms with Crippen molar-refractivity contribution in [2.75, 3.05) is 19.8 Å². The molecule has 1 aliphatic carbocycles. The highest BCUT2D eigenvalue weighted by Crippen LogP contribution is 2.24. The molecule has 2 atom stereocenters. The lowest BCUT2D eigenvalue weighted by Crippen LogP contribution is -2.31. The van der Waals surface area contributed by atoms with E-state index < -0.39 is 18.4 Å². The zero-order valence-electron chi connectivity index (χ0n) is 16.1. The van der Waals surface area contributed by atoms with Gasteiger partial charge < -0.3 is 24.1 Å². The van der Waals surface area contributed by atoms with Gasteiger partial charge in [-0.3, -0.25) is 0 Å². The van der Waals surface area contributed by atoms with Crippen LogP contribution in [0.1, 0.15) is 71.6 Å². The summed E-state index contributed by atoms with van der Waals surface area (Å²) in [5.74, 6) is 0.771. The Kier molecular flexibility index (Phi) is 11.9. The van der Waals surface area contributed by atoms with E-state index in [2.05, 4.69) is 13.8 Å². The first-order valence-electron chi connectivity index (χ1n) is 9.78. The lowest BCUT2D eigenvalue weighted by Gasteiger charge is -2.27. The molecule has 0 bridgehead atoms. The van der Waals surface area contributed by atoms with Crippen LogP contribution in [0.3, 0.4) is 0 Å². The quantitative estimate of drug-likeness (QED) is 0.388. The molecule has 0 amide bonds. The van der Waals surface area contributed by atoms with Crippen LogP contribution in [0.15, 0.2) is 0 Å². The van der Waals surface area contributed by atoms with Gasteiger partial charge in [0, 0.05) is 13.0 Å². The van der Waals surface area contributed by atoms with E-state index in [1.54, 1.807) is 0 Å². The second-order valence-corrected chi connectivity index (χ2v) is 7.22. The monoisotopic (exact) mass is 374 g/mol. The van der Waals surface area contributed by atoms with Crippen LogP contribution in [-0.4, -0.2) is 49.4 Å². The molecule has 1 saturated carbocycles. The highest BCUT2D eigenvalue weighted by Gasteiger charge is 2.27. The minimum absolute atomic E-state index is 0.161. The summed E-state index contributed by atoms with van der Waals surface area (Å²) in [6, 6.07) is 0. The molecular formula is C19H34O7. The second-order valence-electron chi connectivity index (χ2n) is 7.22. The summed E-state index contributed by atoms with van der Waals surface area (Å²) in [6.07, 6.45) is 5.67. The van der Waals surface area contributed by atoms with Crippen molar-refractivity contribution in [2.45, 2.75) is 83.8 Å². The normalized spacial score (nSPS) is 20.0. The Balaban J connectivity index is 1.96. The van der Waals surface area contributed by atoms with E-state index in [0.29, 0.717) is 32.5 Å². The van der Waals surface area contributed by atoms with Gasteiger partial charge in [-0.15, -0.1) is 0 Å². The Bertz CT molecular complexity index is 397. The Hall–Kier alpha value is -1.50. The van der Waals surface area contributed by atoms with Crippen molar-refractivity contribution in [1.29, 1.82) is 0 Å². The molecule has 1 aliphatic rings. The van der Waals surface area contributed by atoms with E-state index in [1.165, 1.54) is 19.3 Å². The fraction of sp³-hybridized carbons (Fsp3) is 0.895. The van der Waals surface area contributed by atoms with Gasteiger partial charge in [-0.25, -0.2) is 9.59 Å². The molecule has 0 saturated heterocycles. The number of rotatable bonds is 12. The fourth-order valence-electron chi connectivity index (χ4n) is 3.03. The zero-order chi connectivity index (χ0) is 19.2. The van der Waals surface area contributed by atoms with Gasteiger partial charge in [0.25, 0.3) is 0 Å². The van der Waals surface area contributed by atoms with Crippen molar-refractivity contribution >= 4 is 12.3 Å². The summed E-state index contributed by atoms with van der Waals surface area (Å²) in [4.78, 5) is 22.2. The predicted molar refractivity (Wildman–Crippen MR) is 96.3 cm³/mol. The number of carboxylic acid groups (broad SMARTS) is 1. The molecular weight excluding hydrogens is 340 g/mol. The van der Waals surface area contributed by atoms with Crippen LogP contribution < -0.4 is 0 Å². The number of unbranched alkanes of at least 4 members (excludes halogenated alkanes) is 3.